The van der Waals surface area contributed by atoms with Crippen LogP contribution < -0.4 is 5.73 Å². The molecule has 0 atom stereocenters. The molecule has 0 amide bonds. The number of phenolic OH excluding ortho intramolecular Hbond substituents is 1. The van der Waals surface area contributed by atoms with Crippen molar-refractivity contribution < 1.29 is 36.0 Å². The van der Waals surface area contributed by atoms with Gasteiger partial charge in [0.05, 0.1) is 20.4 Å². The Morgan fingerprint density at radius 3 is 2.13 bits per heavy atom. The highest BCUT2D eigenvalue weighted by Crippen LogP contribution is 2.44. The van der Waals surface area contributed by atoms with E-state index in [2.05, 4.69) is 10.2 Å². The smallest absolute Gasteiger partial charge is 0.294 e. The Bertz CT molecular complexity index is 1470. The third kappa shape index (κ3) is 4.43. The van der Waals surface area contributed by atoms with Gasteiger partial charge in [0.15, 0.2) is 5.75 Å². The minimum atomic E-state index is -5.24. The molecule has 3 rings (SSSR count). The molecule has 0 bridgehead atoms. The first-order valence-electron chi connectivity index (χ1n) is 7.98. The molecule has 0 radical (unpaired) electrons. The van der Waals surface area contributed by atoms with Gasteiger partial charge in [0.25, 0.3) is 15.8 Å². The van der Waals surface area contributed by atoms with Gasteiger partial charge in [-0.25, -0.2) is 8.42 Å². The van der Waals surface area contributed by atoms with Crippen molar-refractivity contribution in [1.29, 1.82) is 0 Å². The molecule has 13 nitrogen and oxygen atoms in total. The molecule has 0 saturated heterocycles. The van der Waals surface area contributed by atoms with Crippen molar-refractivity contribution >= 4 is 53.8 Å². The van der Waals surface area contributed by atoms with Crippen LogP contribution in [0.2, 0.25) is 0 Å². The highest BCUT2D eigenvalue weighted by molar-refractivity contribution is 7.86. The summed E-state index contributed by atoms with van der Waals surface area (Å²) in [5.74, 6) is -0.878. The van der Waals surface area contributed by atoms with Crippen LogP contribution in [0.25, 0.3) is 10.8 Å². The molecule has 0 aliphatic heterocycles. The van der Waals surface area contributed by atoms with Gasteiger partial charge < -0.3 is 15.4 Å². The summed E-state index contributed by atoms with van der Waals surface area (Å²) >= 11 is 0. The summed E-state index contributed by atoms with van der Waals surface area (Å²) < 4.78 is 67.0. The van der Waals surface area contributed by atoms with E-state index >= 15 is 0 Å². The molecule has 0 aliphatic carbocycles. The number of nitro groups is 1. The lowest BCUT2D eigenvalue weighted by molar-refractivity contribution is -0.384. The summed E-state index contributed by atoms with van der Waals surface area (Å²) in [7, 11) is -9.96. The Hall–Kier alpha value is -3.66. The number of anilines is 1. The molecular formula is C16H11N4O9S2-. The van der Waals surface area contributed by atoms with Gasteiger partial charge in [-0.05, 0) is 35.7 Å². The summed E-state index contributed by atoms with van der Waals surface area (Å²) in [6, 6.07) is 6.96. The molecular weight excluding hydrogens is 456 g/mol. The van der Waals surface area contributed by atoms with E-state index in [1.165, 1.54) is 12.1 Å². The van der Waals surface area contributed by atoms with Crippen LogP contribution in [0.1, 0.15) is 0 Å². The van der Waals surface area contributed by atoms with Gasteiger partial charge in [0.2, 0.25) is 0 Å². The molecule has 0 aliphatic rings. The Morgan fingerprint density at radius 1 is 1.00 bits per heavy atom. The Balaban J connectivity index is 2.26. The predicted molar refractivity (Wildman–Crippen MR) is 105 cm³/mol. The fraction of sp³-hybridized carbons (Fsp3) is 0. The molecule has 3 aromatic rings. The number of aromatic hydroxyl groups is 1. The number of nitrogen functional groups attached to an aromatic ring is 1. The van der Waals surface area contributed by atoms with Crippen LogP contribution in [-0.2, 0) is 20.2 Å². The van der Waals surface area contributed by atoms with Gasteiger partial charge in [-0.1, -0.05) is 0 Å². The number of non-ortho nitro benzene ring substituents is 1. The topological polar surface area (TPSA) is 226 Å². The summed E-state index contributed by atoms with van der Waals surface area (Å²) in [5, 5.41) is 28.0. The second-order valence-corrected chi connectivity index (χ2v) is 8.85. The second kappa shape index (κ2) is 7.55. The normalized spacial score (nSPS) is 12.5. The summed E-state index contributed by atoms with van der Waals surface area (Å²) in [6.45, 7) is 0. The molecule has 0 saturated carbocycles. The molecule has 0 aromatic heterocycles. The third-order valence-electron chi connectivity index (χ3n) is 4.05. The van der Waals surface area contributed by atoms with Crippen LogP contribution in [0.5, 0.6) is 5.75 Å². The number of nitrogens with two attached hydrogens (primary N) is 1. The maximum atomic E-state index is 11.7. The number of rotatable bonds is 5. The fourth-order valence-electron chi connectivity index (χ4n) is 2.68. The van der Waals surface area contributed by atoms with E-state index in [0.29, 0.717) is 0 Å². The standard InChI is InChI=1S/C16H12N4O9S2/c17-12-7-11(30(24,25)26)5-8-6-13(31(27,28)29)15(16(21)14(8)12)19-18-9-1-3-10(4-2-9)20(22)23/h1-7,21H,17H2,(H,24,25,26)(H,27,28,29)/p-1. The zero-order valence-corrected chi connectivity index (χ0v) is 16.7. The van der Waals surface area contributed by atoms with Gasteiger partial charge in [0.1, 0.15) is 15.8 Å². The summed E-state index contributed by atoms with van der Waals surface area (Å²) in [4.78, 5) is 8.31. The number of nitro benzene ring substituents is 1. The van der Waals surface area contributed by atoms with Crippen LogP contribution in [0, 0.1) is 10.1 Å². The van der Waals surface area contributed by atoms with Crippen LogP contribution in [-0.4, -0.2) is 36.0 Å². The van der Waals surface area contributed by atoms with Crippen LogP contribution in [0.15, 0.2) is 62.5 Å². The van der Waals surface area contributed by atoms with Crippen molar-refractivity contribution in [3.8, 4) is 5.75 Å². The molecule has 31 heavy (non-hydrogen) atoms. The van der Waals surface area contributed by atoms with Crippen LogP contribution >= 0.6 is 0 Å². The first-order valence-corrected chi connectivity index (χ1v) is 10.8. The molecule has 0 spiro atoms. The van der Waals surface area contributed by atoms with Gasteiger partial charge in [-0.15, -0.1) is 5.11 Å². The Kier molecular flexibility index (Phi) is 5.36. The van der Waals surface area contributed by atoms with E-state index in [1.54, 1.807) is 0 Å². The Labute approximate surface area is 174 Å². The molecule has 0 fully saturated rings. The molecule has 3 aromatic carbocycles. The predicted octanol–water partition coefficient (Wildman–Crippen LogP) is 2.60. The van der Waals surface area contributed by atoms with Gasteiger partial charge in [-0.2, -0.15) is 13.5 Å². The van der Waals surface area contributed by atoms with E-state index in [1.807, 2.05) is 0 Å². The first kappa shape index (κ1) is 22.0. The van der Waals surface area contributed by atoms with E-state index in [0.717, 1.165) is 30.3 Å². The maximum absolute atomic E-state index is 11.7. The van der Waals surface area contributed by atoms with Crippen LogP contribution in [0.4, 0.5) is 22.7 Å². The van der Waals surface area contributed by atoms with Gasteiger partial charge in [-0.3, -0.25) is 14.7 Å². The number of phenols is 1. The SMILES string of the molecule is Nc1cc(S(=O)(=O)O)cc2cc(S(=O)(=O)[O-])c(N=Nc3ccc([N+](=O)[O-])cc3)c(O)c12. The summed E-state index contributed by atoms with van der Waals surface area (Å²) in [5.41, 5.74) is 4.41. The lowest BCUT2D eigenvalue weighted by atomic mass is 10.1. The number of hydrogen-bond donors (Lipinski definition) is 3. The monoisotopic (exact) mass is 467 g/mol. The molecule has 4 N–H and O–H groups in total. The largest absolute Gasteiger partial charge is 0.744 e. The molecule has 0 heterocycles. The van der Waals surface area contributed by atoms with Crippen molar-refractivity contribution in [3.05, 3.63) is 52.6 Å². The van der Waals surface area contributed by atoms with Crippen molar-refractivity contribution in [2.24, 2.45) is 10.2 Å². The minimum absolute atomic E-state index is 0.0361. The van der Waals surface area contributed by atoms with E-state index < -0.39 is 46.4 Å². The van der Waals surface area contributed by atoms with Gasteiger partial charge >= 0.3 is 0 Å². The Morgan fingerprint density at radius 2 is 1.61 bits per heavy atom. The number of fused-ring (bicyclic) bond motifs is 1. The molecule has 15 heteroatoms. The molecule has 162 valence electrons. The number of hydrogen-bond acceptors (Lipinski definition) is 11. The second-order valence-electron chi connectivity index (χ2n) is 6.09. The number of azo groups is 1. The highest BCUT2D eigenvalue weighted by Gasteiger charge is 2.21. The number of benzene rings is 3. The van der Waals surface area contributed by atoms with Crippen LogP contribution in [0.3, 0.4) is 0 Å². The molecule has 0 unspecified atom stereocenters. The van der Waals surface area contributed by atoms with E-state index in [9.17, 15) is 41.2 Å². The number of nitrogens with zero attached hydrogens (tertiary/aromatic N) is 3. The van der Waals surface area contributed by atoms with Crippen molar-refractivity contribution in [2.75, 3.05) is 5.73 Å². The maximum Gasteiger partial charge on any atom is 0.294 e. The van der Waals surface area contributed by atoms with E-state index in [4.69, 9.17) is 5.73 Å². The third-order valence-corrected chi connectivity index (χ3v) is 5.73. The fourth-order valence-corrected chi connectivity index (χ4v) is 3.87. The van der Waals surface area contributed by atoms with Crippen molar-refractivity contribution in [2.45, 2.75) is 9.79 Å². The quantitative estimate of drug-likeness (QED) is 0.163. The minimum Gasteiger partial charge on any atom is -0.744 e. The van der Waals surface area contributed by atoms with Crippen molar-refractivity contribution in [3.63, 3.8) is 0 Å². The lowest BCUT2D eigenvalue weighted by Gasteiger charge is -2.15. The van der Waals surface area contributed by atoms with Gasteiger partial charge in [0, 0.05) is 23.2 Å². The zero-order chi connectivity index (χ0) is 23.1. The highest BCUT2D eigenvalue weighted by atomic mass is 32.2. The van der Waals surface area contributed by atoms with E-state index in [-0.39, 0.29) is 27.8 Å². The summed E-state index contributed by atoms with van der Waals surface area (Å²) in [6.07, 6.45) is 0. The lowest BCUT2D eigenvalue weighted by Crippen LogP contribution is -2.03. The zero-order valence-electron chi connectivity index (χ0n) is 15.0. The average Bonchev–Trinajstić information content (AvgIpc) is 2.65. The van der Waals surface area contributed by atoms with Crippen molar-refractivity contribution in [1.82, 2.24) is 0 Å². The first-order chi connectivity index (χ1) is 14.3. The average molecular weight is 467 g/mol.